The number of hydrogen-bond acceptors (Lipinski definition) is 7. The average molecular weight is 417 g/mol. The maximum absolute atomic E-state index is 12.9. The van der Waals surface area contributed by atoms with Gasteiger partial charge in [-0.1, -0.05) is 6.07 Å². The van der Waals surface area contributed by atoms with E-state index < -0.39 is 6.09 Å². The number of aromatic nitrogens is 5. The first-order chi connectivity index (χ1) is 15.0. The van der Waals surface area contributed by atoms with E-state index in [1.54, 1.807) is 54.4 Å². The molecule has 1 N–H and O–H groups in total. The second kappa shape index (κ2) is 8.19. The Morgan fingerprint density at radius 2 is 1.84 bits per heavy atom. The highest BCUT2D eigenvalue weighted by molar-refractivity contribution is 6.03. The predicted octanol–water partition coefficient (Wildman–Crippen LogP) is 2.95. The maximum atomic E-state index is 12.9. The van der Waals surface area contributed by atoms with Crippen LogP contribution in [0.3, 0.4) is 0 Å². The van der Waals surface area contributed by atoms with Crippen LogP contribution in [0.15, 0.2) is 55.2 Å². The van der Waals surface area contributed by atoms with Crippen molar-refractivity contribution in [3.05, 3.63) is 66.5 Å². The van der Waals surface area contributed by atoms with E-state index in [0.29, 0.717) is 17.3 Å². The van der Waals surface area contributed by atoms with Crippen LogP contribution in [0.5, 0.6) is 0 Å². The Balaban J connectivity index is 1.64. The fraction of sp³-hybridized carbons (Fsp3) is 0.143. The molecule has 0 saturated carbocycles. The van der Waals surface area contributed by atoms with Crippen molar-refractivity contribution < 1.29 is 14.3 Å². The van der Waals surface area contributed by atoms with Crippen molar-refractivity contribution in [3.63, 3.8) is 0 Å². The lowest BCUT2D eigenvalue weighted by Crippen LogP contribution is -2.28. The molecule has 0 unspecified atom stereocenters. The Morgan fingerprint density at radius 3 is 2.52 bits per heavy atom. The molecule has 0 atom stereocenters. The normalized spacial score (nSPS) is 10.7. The number of imidazole rings is 1. The topological polar surface area (TPSA) is 115 Å². The van der Waals surface area contributed by atoms with Crippen LogP contribution < -0.4 is 10.2 Å². The van der Waals surface area contributed by atoms with E-state index in [4.69, 9.17) is 0 Å². The summed E-state index contributed by atoms with van der Waals surface area (Å²) in [7, 11) is 2.93. The van der Waals surface area contributed by atoms with Gasteiger partial charge in [0.2, 0.25) is 0 Å². The quantitative estimate of drug-likeness (QED) is 0.543. The number of rotatable bonds is 4. The summed E-state index contributed by atoms with van der Waals surface area (Å²) in [4.78, 5) is 42.8. The average Bonchev–Trinajstić information content (AvgIpc) is 3.22. The lowest BCUT2D eigenvalue weighted by atomic mass is 10.2. The molecule has 4 aromatic rings. The molecule has 156 valence electrons. The molecule has 0 bridgehead atoms. The minimum Gasteiger partial charge on any atom is -0.453 e. The molecule has 0 aromatic carbocycles. The van der Waals surface area contributed by atoms with E-state index >= 15 is 0 Å². The molecule has 31 heavy (non-hydrogen) atoms. The summed E-state index contributed by atoms with van der Waals surface area (Å²) in [6.45, 7) is 1.93. The first kappa shape index (κ1) is 20.0. The number of nitrogens with zero attached hydrogens (tertiary/aromatic N) is 6. The van der Waals surface area contributed by atoms with Gasteiger partial charge in [0.1, 0.15) is 17.3 Å². The van der Waals surface area contributed by atoms with Gasteiger partial charge in [-0.25, -0.2) is 24.7 Å². The van der Waals surface area contributed by atoms with Gasteiger partial charge in [-0.3, -0.25) is 19.4 Å². The van der Waals surface area contributed by atoms with Crippen molar-refractivity contribution in [2.75, 3.05) is 24.4 Å². The summed E-state index contributed by atoms with van der Waals surface area (Å²) in [5, 5.41) is 2.50. The molecule has 0 radical (unpaired) electrons. The Labute approximate surface area is 177 Å². The SMILES string of the molecule is COC(=O)Nc1ccc(-c2cnc3cnc(C(=O)N(C)c4ccc(C)cn4)cn23)cn1. The van der Waals surface area contributed by atoms with Gasteiger partial charge in [0, 0.05) is 31.2 Å². The Morgan fingerprint density at radius 1 is 1.00 bits per heavy atom. The molecule has 0 aliphatic carbocycles. The number of amides is 2. The molecule has 10 nitrogen and oxygen atoms in total. The van der Waals surface area contributed by atoms with Crippen LogP contribution in [0.4, 0.5) is 16.4 Å². The predicted molar refractivity (Wildman–Crippen MR) is 114 cm³/mol. The Bertz CT molecular complexity index is 1250. The zero-order valence-electron chi connectivity index (χ0n) is 17.1. The standard InChI is InChI=1S/C21H19N7O3/c1-13-4-7-18(24-8-13)27(2)20(29)15-12-28-16(10-25-19(28)11-22-15)14-5-6-17(23-9-14)26-21(30)31-3/h4-12H,1-3H3,(H,23,26,30). The van der Waals surface area contributed by atoms with Gasteiger partial charge in [-0.15, -0.1) is 0 Å². The molecule has 10 heteroatoms. The number of carbonyl (C=O) groups is 2. The van der Waals surface area contributed by atoms with Crippen LogP contribution in [0.2, 0.25) is 0 Å². The number of aryl methyl sites for hydroxylation is 1. The van der Waals surface area contributed by atoms with Crippen LogP contribution in [-0.2, 0) is 4.74 Å². The Kier molecular flexibility index (Phi) is 5.27. The summed E-state index contributed by atoms with van der Waals surface area (Å²) >= 11 is 0. The van der Waals surface area contributed by atoms with Gasteiger partial charge in [-0.2, -0.15) is 0 Å². The summed E-state index contributed by atoms with van der Waals surface area (Å²) in [6.07, 6.45) is 7.53. The van der Waals surface area contributed by atoms with Gasteiger partial charge >= 0.3 is 6.09 Å². The highest BCUT2D eigenvalue weighted by Gasteiger charge is 2.18. The number of hydrogen-bond donors (Lipinski definition) is 1. The number of pyridine rings is 2. The fourth-order valence-electron chi connectivity index (χ4n) is 2.92. The second-order valence-electron chi connectivity index (χ2n) is 6.75. The zero-order chi connectivity index (χ0) is 22.0. The highest BCUT2D eigenvalue weighted by Crippen LogP contribution is 2.22. The van der Waals surface area contributed by atoms with Crippen LogP contribution in [-0.4, -0.2) is 50.5 Å². The number of carbonyl (C=O) groups excluding carboxylic acids is 2. The molecule has 4 heterocycles. The number of nitrogens with one attached hydrogen (secondary N) is 1. The van der Waals surface area contributed by atoms with Crippen molar-refractivity contribution >= 4 is 29.3 Å². The molecule has 4 aromatic heterocycles. The van der Waals surface area contributed by atoms with Crippen LogP contribution >= 0.6 is 0 Å². The minimum absolute atomic E-state index is 0.244. The van der Waals surface area contributed by atoms with E-state index in [2.05, 4.69) is 30.0 Å². The molecule has 2 amide bonds. The van der Waals surface area contributed by atoms with Gasteiger partial charge in [0.05, 0.1) is 25.2 Å². The van der Waals surface area contributed by atoms with E-state index in [-0.39, 0.29) is 11.6 Å². The van der Waals surface area contributed by atoms with Crippen molar-refractivity contribution in [3.8, 4) is 11.3 Å². The van der Waals surface area contributed by atoms with Crippen LogP contribution in [0.25, 0.3) is 16.9 Å². The van der Waals surface area contributed by atoms with E-state index in [1.165, 1.54) is 18.2 Å². The number of fused-ring (bicyclic) bond motifs is 1. The van der Waals surface area contributed by atoms with Crippen molar-refractivity contribution in [2.24, 2.45) is 0 Å². The molecule has 0 aliphatic rings. The van der Waals surface area contributed by atoms with Gasteiger partial charge in [0.15, 0.2) is 5.65 Å². The smallest absolute Gasteiger partial charge is 0.412 e. The number of ether oxygens (including phenoxy) is 1. The minimum atomic E-state index is -0.600. The third-order valence-electron chi connectivity index (χ3n) is 4.63. The number of anilines is 2. The largest absolute Gasteiger partial charge is 0.453 e. The molecular weight excluding hydrogens is 398 g/mol. The van der Waals surface area contributed by atoms with Crippen LogP contribution in [0, 0.1) is 6.92 Å². The molecule has 0 spiro atoms. The van der Waals surface area contributed by atoms with Crippen molar-refractivity contribution in [1.29, 1.82) is 0 Å². The van der Waals surface area contributed by atoms with E-state index in [9.17, 15) is 9.59 Å². The van der Waals surface area contributed by atoms with Gasteiger partial charge < -0.3 is 4.74 Å². The van der Waals surface area contributed by atoms with E-state index in [1.807, 2.05) is 13.0 Å². The third kappa shape index (κ3) is 4.04. The third-order valence-corrected chi connectivity index (χ3v) is 4.63. The fourth-order valence-corrected chi connectivity index (χ4v) is 2.92. The first-order valence-corrected chi connectivity index (χ1v) is 9.31. The molecule has 4 rings (SSSR count). The summed E-state index contributed by atoms with van der Waals surface area (Å²) in [5.41, 5.74) is 3.31. The summed E-state index contributed by atoms with van der Waals surface area (Å²) < 4.78 is 6.32. The Hall–Kier alpha value is -4.34. The summed E-state index contributed by atoms with van der Waals surface area (Å²) in [5.74, 6) is 0.587. The monoisotopic (exact) mass is 417 g/mol. The van der Waals surface area contributed by atoms with E-state index in [0.717, 1.165) is 16.8 Å². The lowest BCUT2D eigenvalue weighted by Gasteiger charge is -2.16. The molecular formula is C21H19N7O3. The molecule has 0 fully saturated rings. The zero-order valence-corrected chi connectivity index (χ0v) is 17.1. The van der Waals surface area contributed by atoms with Crippen molar-refractivity contribution in [1.82, 2.24) is 24.3 Å². The number of methoxy groups -OCH3 is 1. The molecule has 0 aliphatic heterocycles. The van der Waals surface area contributed by atoms with Crippen molar-refractivity contribution in [2.45, 2.75) is 6.92 Å². The first-order valence-electron chi connectivity index (χ1n) is 9.31. The van der Waals surface area contributed by atoms with Gasteiger partial charge in [0.25, 0.3) is 5.91 Å². The summed E-state index contributed by atoms with van der Waals surface area (Å²) in [6, 6.07) is 7.11. The molecule has 0 saturated heterocycles. The second-order valence-corrected chi connectivity index (χ2v) is 6.75. The maximum Gasteiger partial charge on any atom is 0.412 e. The highest BCUT2D eigenvalue weighted by atomic mass is 16.5. The van der Waals surface area contributed by atoms with Crippen LogP contribution in [0.1, 0.15) is 16.1 Å². The van der Waals surface area contributed by atoms with Gasteiger partial charge in [-0.05, 0) is 30.7 Å². The lowest BCUT2D eigenvalue weighted by molar-refractivity contribution is 0.0987.